The minimum atomic E-state index is 0.354. The first-order chi connectivity index (χ1) is 9.83. The number of rotatable bonds is 5. The molecule has 2 aromatic rings. The van der Waals surface area contributed by atoms with Gasteiger partial charge in [0.1, 0.15) is 0 Å². The molecule has 1 aromatic heterocycles. The van der Waals surface area contributed by atoms with E-state index in [1.54, 1.807) is 0 Å². The van der Waals surface area contributed by atoms with E-state index in [0.29, 0.717) is 12.1 Å². The summed E-state index contributed by atoms with van der Waals surface area (Å²) >= 11 is 0. The lowest BCUT2D eigenvalue weighted by atomic mass is 10.1. The fourth-order valence-corrected chi connectivity index (χ4v) is 2.96. The average Bonchev–Trinajstić information content (AvgIpc) is 3.16. The van der Waals surface area contributed by atoms with Crippen LogP contribution in [0.2, 0.25) is 0 Å². The number of hydrogen-bond acceptors (Lipinski definition) is 2. The van der Waals surface area contributed by atoms with Gasteiger partial charge in [-0.05, 0) is 31.4 Å². The molecule has 0 spiro atoms. The molecule has 0 unspecified atom stereocenters. The molecule has 0 amide bonds. The largest absolute Gasteiger partial charge is 0.304 e. The second-order valence-electron chi connectivity index (χ2n) is 5.74. The van der Waals surface area contributed by atoms with Gasteiger partial charge in [0.2, 0.25) is 0 Å². The maximum Gasteiger partial charge on any atom is 0.0762 e. The standard InChI is InChI=1S/C17H23N3/c1-14(15-7-3-2-4-8-15)18-13-16-11-12-20(19-16)17-9-5-6-10-17/h2-4,7-8,11-12,14,17-18H,5-6,9-10,13H2,1H3/t14-/m1/s1. The van der Waals surface area contributed by atoms with Crippen LogP contribution in [0.1, 0.15) is 55.9 Å². The molecule has 106 valence electrons. The quantitative estimate of drug-likeness (QED) is 0.893. The van der Waals surface area contributed by atoms with Crippen molar-refractivity contribution in [2.75, 3.05) is 0 Å². The molecule has 1 fully saturated rings. The minimum absolute atomic E-state index is 0.354. The smallest absolute Gasteiger partial charge is 0.0762 e. The molecule has 0 bridgehead atoms. The molecular formula is C17H23N3. The topological polar surface area (TPSA) is 29.9 Å². The highest BCUT2D eigenvalue weighted by atomic mass is 15.3. The summed E-state index contributed by atoms with van der Waals surface area (Å²) in [5.41, 5.74) is 2.46. The van der Waals surface area contributed by atoms with Crippen LogP contribution in [0.4, 0.5) is 0 Å². The third kappa shape index (κ3) is 3.10. The summed E-state index contributed by atoms with van der Waals surface area (Å²) in [6.07, 6.45) is 7.41. The predicted octanol–water partition coefficient (Wildman–Crippen LogP) is 3.85. The van der Waals surface area contributed by atoms with Crippen molar-refractivity contribution in [2.24, 2.45) is 0 Å². The molecule has 3 rings (SSSR count). The van der Waals surface area contributed by atoms with Crippen LogP contribution >= 0.6 is 0 Å². The highest BCUT2D eigenvalue weighted by Gasteiger charge is 2.17. The summed E-state index contributed by atoms with van der Waals surface area (Å²) in [5.74, 6) is 0. The third-order valence-electron chi connectivity index (χ3n) is 4.25. The van der Waals surface area contributed by atoms with Crippen molar-refractivity contribution in [1.29, 1.82) is 0 Å². The van der Waals surface area contributed by atoms with Crippen molar-refractivity contribution in [1.82, 2.24) is 15.1 Å². The molecule has 0 aliphatic heterocycles. The Hall–Kier alpha value is -1.61. The lowest BCUT2D eigenvalue weighted by Gasteiger charge is -2.13. The summed E-state index contributed by atoms with van der Waals surface area (Å²) in [6.45, 7) is 3.03. The fraction of sp³-hybridized carbons (Fsp3) is 0.471. The minimum Gasteiger partial charge on any atom is -0.304 e. The number of hydrogen-bond donors (Lipinski definition) is 1. The van der Waals surface area contributed by atoms with Crippen LogP contribution in [-0.2, 0) is 6.54 Å². The van der Waals surface area contributed by atoms with E-state index in [-0.39, 0.29) is 0 Å². The van der Waals surface area contributed by atoms with Crippen molar-refractivity contribution >= 4 is 0 Å². The first kappa shape index (κ1) is 13.4. The first-order valence-electron chi connectivity index (χ1n) is 7.65. The SMILES string of the molecule is C[C@@H](NCc1ccn(C2CCCC2)n1)c1ccccc1. The zero-order valence-corrected chi connectivity index (χ0v) is 12.1. The zero-order valence-electron chi connectivity index (χ0n) is 12.1. The fourth-order valence-electron chi connectivity index (χ4n) is 2.96. The lowest BCUT2D eigenvalue weighted by Crippen LogP contribution is -2.18. The van der Waals surface area contributed by atoms with Gasteiger partial charge in [-0.3, -0.25) is 4.68 Å². The van der Waals surface area contributed by atoms with Crippen molar-refractivity contribution in [2.45, 2.75) is 51.2 Å². The highest BCUT2D eigenvalue weighted by Crippen LogP contribution is 2.28. The van der Waals surface area contributed by atoms with E-state index in [9.17, 15) is 0 Å². The number of aromatic nitrogens is 2. The van der Waals surface area contributed by atoms with Gasteiger partial charge in [-0.15, -0.1) is 0 Å². The predicted molar refractivity (Wildman–Crippen MR) is 81.4 cm³/mol. The maximum atomic E-state index is 4.71. The Kier molecular flexibility index (Phi) is 4.16. The van der Waals surface area contributed by atoms with E-state index in [4.69, 9.17) is 5.10 Å². The summed E-state index contributed by atoms with van der Waals surface area (Å²) in [4.78, 5) is 0. The molecule has 3 nitrogen and oxygen atoms in total. The van der Waals surface area contributed by atoms with Gasteiger partial charge in [-0.25, -0.2) is 0 Å². The van der Waals surface area contributed by atoms with Crippen molar-refractivity contribution in [3.05, 3.63) is 53.9 Å². The van der Waals surface area contributed by atoms with E-state index < -0.39 is 0 Å². The third-order valence-corrected chi connectivity index (χ3v) is 4.25. The second-order valence-corrected chi connectivity index (χ2v) is 5.74. The molecule has 1 aromatic carbocycles. The molecule has 1 N–H and O–H groups in total. The average molecular weight is 269 g/mol. The molecule has 3 heteroatoms. The summed E-state index contributed by atoms with van der Waals surface area (Å²) < 4.78 is 2.16. The lowest BCUT2D eigenvalue weighted by molar-refractivity contribution is 0.458. The van der Waals surface area contributed by atoms with Crippen LogP contribution < -0.4 is 5.32 Å². The van der Waals surface area contributed by atoms with Crippen molar-refractivity contribution in [3.8, 4) is 0 Å². The number of nitrogens with zero attached hydrogens (tertiary/aromatic N) is 2. The van der Waals surface area contributed by atoms with Gasteiger partial charge in [0.15, 0.2) is 0 Å². The Labute approximate surface area is 121 Å². The van der Waals surface area contributed by atoms with Gasteiger partial charge in [0, 0.05) is 18.8 Å². The highest BCUT2D eigenvalue weighted by molar-refractivity contribution is 5.18. The Morgan fingerprint density at radius 3 is 2.70 bits per heavy atom. The zero-order chi connectivity index (χ0) is 13.8. The van der Waals surface area contributed by atoms with Gasteiger partial charge in [-0.2, -0.15) is 5.10 Å². The molecular weight excluding hydrogens is 246 g/mol. The second kappa shape index (κ2) is 6.23. The van der Waals surface area contributed by atoms with Crippen molar-refractivity contribution < 1.29 is 0 Å². The van der Waals surface area contributed by atoms with Crippen LogP contribution in [0.5, 0.6) is 0 Å². The first-order valence-corrected chi connectivity index (χ1v) is 7.65. The van der Waals surface area contributed by atoms with Gasteiger partial charge in [0.05, 0.1) is 11.7 Å². The molecule has 20 heavy (non-hydrogen) atoms. The van der Waals surface area contributed by atoms with E-state index in [0.717, 1.165) is 12.2 Å². The van der Waals surface area contributed by atoms with Crippen LogP contribution in [0.3, 0.4) is 0 Å². The van der Waals surface area contributed by atoms with Crippen LogP contribution in [0.25, 0.3) is 0 Å². The Morgan fingerprint density at radius 1 is 1.20 bits per heavy atom. The Bertz CT molecular complexity index is 526. The molecule has 1 aliphatic rings. The molecule has 1 atom stereocenters. The van der Waals surface area contributed by atoms with Gasteiger partial charge in [-0.1, -0.05) is 43.2 Å². The Balaban J connectivity index is 1.56. The summed E-state index contributed by atoms with van der Waals surface area (Å²) in [6, 6.07) is 13.7. The normalized spacial score (nSPS) is 17.4. The van der Waals surface area contributed by atoms with Crippen LogP contribution in [0.15, 0.2) is 42.6 Å². The summed E-state index contributed by atoms with van der Waals surface area (Å²) in [7, 11) is 0. The van der Waals surface area contributed by atoms with Gasteiger partial charge in [0.25, 0.3) is 0 Å². The molecule has 1 aliphatic carbocycles. The molecule has 1 heterocycles. The van der Waals surface area contributed by atoms with Crippen LogP contribution in [-0.4, -0.2) is 9.78 Å². The van der Waals surface area contributed by atoms with E-state index in [2.05, 4.69) is 59.5 Å². The van der Waals surface area contributed by atoms with E-state index in [1.165, 1.54) is 31.2 Å². The number of benzene rings is 1. The summed E-state index contributed by atoms with van der Waals surface area (Å²) in [5, 5.41) is 8.26. The molecule has 1 saturated carbocycles. The molecule has 0 radical (unpaired) electrons. The monoisotopic (exact) mass is 269 g/mol. The van der Waals surface area contributed by atoms with Crippen LogP contribution in [0, 0.1) is 0 Å². The number of nitrogens with one attached hydrogen (secondary N) is 1. The van der Waals surface area contributed by atoms with Gasteiger partial charge >= 0.3 is 0 Å². The molecule has 0 saturated heterocycles. The van der Waals surface area contributed by atoms with Crippen molar-refractivity contribution in [3.63, 3.8) is 0 Å². The Morgan fingerprint density at radius 2 is 1.95 bits per heavy atom. The van der Waals surface area contributed by atoms with E-state index in [1.807, 2.05) is 0 Å². The van der Waals surface area contributed by atoms with E-state index >= 15 is 0 Å². The maximum absolute atomic E-state index is 4.71. The van der Waals surface area contributed by atoms with Gasteiger partial charge < -0.3 is 5.32 Å².